The van der Waals surface area contributed by atoms with Crippen LogP contribution in [0.15, 0.2) is 47.6 Å². The van der Waals surface area contributed by atoms with Crippen LogP contribution in [0.5, 0.6) is 11.5 Å². The van der Waals surface area contributed by atoms with Gasteiger partial charge in [0.05, 0.1) is 26.1 Å². The van der Waals surface area contributed by atoms with Gasteiger partial charge in [0.15, 0.2) is 11.5 Å². The molecule has 0 fully saturated rings. The molecule has 2 N–H and O–H groups in total. The predicted octanol–water partition coefficient (Wildman–Crippen LogP) is 2.71. The number of hydrogen-bond acceptors (Lipinski definition) is 5. The molecule has 0 aliphatic rings. The third-order valence-electron chi connectivity index (χ3n) is 3.55. The van der Waals surface area contributed by atoms with Crippen LogP contribution < -0.4 is 20.2 Å². The lowest BCUT2D eigenvalue weighted by Crippen LogP contribution is -2.21. The number of hydrazone groups is 1. The van der Waals surface area contributed by atoms with E-state index in [0.29, 0.717) is 17.1 Å². The Labute approximate surface area is 156 Å². The summed E-state index contributed by atoms with van der Waals surface area (Å²) in [5, 5.41) is 6.26. The van der Waals surface area contributed by atoms with Crippen LogP contribution in [0.4, 0.5) is 10.1 Å². The summed E-state index contributed by atoms with van der Waals surface area (Å²) in [5.41, 5.74) is 3.03. The number of ether oxygens (including phenoxy) is 2. The minimum Gasteiger partial charge on any atom is -0.493 e. The van der Waals surface area contributed by atoms with E-state index in [-0.39, 0.29) is 18.5 Å². The minimum atomic E-state index is -0.535. The van der Waals surface area contributed by atoms with Crippen molar-refractivity contribution in [1.82, 2.24) is 5.43 Å². The van der Waals surface area contributed by atoms with Crippen molar-refractivity contribution in [3.63, 3.8) is 0 Å². The smallest absolute Gasteiger partial charge is 0.240 e. The van der Waals surface area contributed by atoms with Crippen molar-refractivity contribution in [3.05, 3.63) is 53.8 Å². The first kappa shape index (κ1) is 19.9. The molecule has 2 aromatic carbocycles. The summed E-state index contributed by atoms with van der Waals surface area (Å²) in [5.74, 6) is -0.419. The maximum Gasteiger partial charge on any atom is 0.240 e. The molecule has 0 saturated heterocycles. The fourth-order valence-electron chi connectivity index (χ4n) is 2.25. The van der Waals surface area contributed by atoms with E-state index in [4.69, 9.17) is 9.47 Å². The molecule has 2 rings (SSSR count). The molecular formula is C19H20FN3O4. The van der Waals surface area contributed by atoms with Gasteiger partial charge in [-0.1, -0.05) is 18.2 Å². The number of carbonyl (C=O) groups is 2. The Morgan fingerprint density at radius 1 is 1.04 bits per heavy atom. The number of nitrogens with zero attached hydrogens (tertiary/aromatic N) is 1. The molecule has 0 aliphatic heterocycles. The van der Waals surface area contributed by atoms with Gasteiger partial charge in [-0.25, -0.2) is 9.82 Å². The van der Waals surface area contributed by atoms with Crippen LogP contribution in [-0.4, -0.2) is 32.2 Å². The van der Waals surface area contributed by atoms with Gasteiger partial charge >= 0.3 is 0 Å². The number of methoxy groups -OCH3 is 2. The van der Waals surface area contributed by atoms with E-state index >= 15 is 0 Å². The fraction of sp³-hybridized carbons (Fsp3) is 0.211. The monoisotopic (exact) mass is 373 g/mol. The van der Waals surface area contributed by atoms with E-state index in [1.54, 1.807) is 24.3 Å². The molecule has 2 amide bonds. The molecule has 2 aromatic rings. The van der Waals surface area contributed by atoms with E-state index in [1.165, 1.54) is 38.6 Å². The van der Waals surface area contributed by atoms with Crippen LogP contribution in [0.2, 0.25) is 0 Å². The topological polar surface area (TPSA) is 89.0 Å². The van der Waals surface area contributed by atoms with Crippen LogP contribution in [0, 0.1) is 5.82 Å². The van der Waals surface area contributed by atoms with Crippen LogP contribution in [0.3, 0.4) is 0 Å². The Hall–Kier alpha value is -3.42. The number of benzene rings is 2. The average Bonchev–Trinajstić information content (AvgIpc) is 2.68. The molecule has 0 heterocycles. The lowest BCUT2D eigenvalue weighted by atomic mass is 10.2. The Balaban J connectivity index is 1.83. The van der Waals surface area contributed by atoms with Gasteiger partial charge in [0.25, 0.3) is 0 Å². The summed E-state index contributed by atoms with van der Waals surface area (Å²) in [6, 6.07) is 11.1. The molecule has 0 aliphatic carbocycles. The molecule has 0 saturated carbocycles. The maximum atomic E-state index is 13.5. The first-order valence-corrected chi connectivity index (χ1v) is 8.12. The zero-order valence-electron chi connectivity index (χ0n) is 15.0. The van der Waals surface area contributed by atoms with Crippen LogP contribution in [-0.2, 0) is 9.59 Å². The van der Waals surface area contributed by atoms with Gasteiger partial charge in [-0.15, -0.1) is 0 Å². The maximum absolute atomic E-state index is 13.5. The highest BCUT2D eigenvalue weighted by atomic mass is 19.1. The summed E-state index contributed by atoms with van der Waals surface area (Å²) < 4.78 is 23.9. The van der Waals surface area contributed by atoms with Gasteiger partial charge in [0.1, 0.15) is 5.82 Å². The molecule has 142 valence electrons. The summed E-state index contributed by atoms with van der Waals surface area (Å²) in [6.07, 6.45) is 1.23. The number of para-hydroxylation sites is 2. The normalized spacial score (nSPS) is 10.5. The van der Waals surface area contributed by atoms with Gasteiger partial charge in [0.2, 0.25) is 11.8 Å². The van der Waals surface area contributed by atoms with Crippen molar-refractivity contribution in [1.29, 1.82) is 0 Å². The highest BCUT2D eigenvalue weighted by molar-refractivity contribution is 5.93. The molecule has 27 heavy (non-hydrogen) atoms. The number of nitrogens with one attached hydrogen (secondary N) is 2. The molecule has 8 heteroatoms. The predicted molar refractivity (Wildman–Crippen MR) is 99.5 cm³/mol. The van der Waals surface area contributed by atoms with Gasteiger partial charge in [-0.3, -0.25) is 9.59 Å². The van der Waals surface area contributed by atoms with E-state index in [2.05, 4.69) is 15.8 Å². The van der Waals surface area contributed by atoms with Crippen molar-refractivity contribution in [2.75, 3.05) is 19.5 Å². The van der Waals surface area contributed by atoms with Crippen molar-refractivity contribution in [2.24, 2.45) is 5.10 Å². The Morgan fingerprint density at radius 3 is 2.48 bits per heavy atom. The third-order valence-corrected chi connectivity index (χ3v) is 3.55. The highest BCUT2D eigenvalue weighted by Crippen LogP contribution is 2.29. The SMILES string of the molecule is COc1cccc(C=NNC(=O)CCC(=O)Nc2ccccc2F)c1OC. The third kappa shape index (κ3) is 5.81. The first-order chi connectivity index (χ1) is 13.0. The summed E-state index contributed by atoms with van der Waals surface area (Å²) in [4.78, 5) is 23.6. The standard InChI is InChI=1S/C19H20FN3O4/c1-26-16-9-5-6-13(19(16)27-2)12-21-23-18(25)11-10-17(24)22-15-8-4-3-7-14(15)20/h3-9,12H,10-11H2,1-2H3,(H,22,24)(H,23,25). The fourth-order valence-corrected chi connectivity index (χ4v) is 2.25. The van der Waals surface area contributed by atoms with Crippen LogP contribution in [0.1, 0.15) is 18.4 Å². The molecule has 0 spiro atoms. The quantitative estimate of drug-likeness (QED) is 0.550. The van der Waals surface area contributed by atoms with Crippen molar-refractivity contribution >= 4 is 23.7 Å². The molecular weight excluding hydrogens is 353 g/mol. The second-order valence-corrected chi connectivity index (χ2v) is 5.40. The van der Waals surface area contributed by atoms with Gasteiger partial charge in [0, 0.05) is 18.4 Å². The summed E-state index contributed by atoms with van der Waals surface area (Å²) in [7, 11) is 3.02. The first-order valence-electron chi connectivity index (χ1n) is 8.12. The molecule has 0 bridgehead atoms. The number of hydrogen-bond donors (Lipinski definition) is 2. The van der Waals surface area contributed by atoms with E-state index < -0.39 is 17.6 Å². The number of amides is 2. The number of anilines is 1. The number of halogens is 1. The van der Waals surface area contributed by atoms with E-state index in [1.807, 2.05) is 0 Å². The van der Waals surface area contributed by atoms with E-state index in [9.17, 15) is 14.0 Å². The minimum absolute atomic E-state index is 0.0750. The summed E-state index contributed by atoms with van der Waals surface area (Å²) in [6.45, 7) is 0. The second kappa shape index (κ2) is 9.91. The molecule has 0 atom stereocenters. The average molecular weight is 373 g/mol. The Kier molecular flexibility index (Phi) is 7.30. The molecule has 0 unspecified atom stereocenters. The van der Waals surface area contributed by atoms with Crippen LogP contribution >= 0.6 is 0 Å². The Morgan fingerprint density at radius 2 is 1.78 bits per heavy atom. The van der Waals surface area contributed by atoms with Gasteiger partial charge in [-0.2, -0.15) is 5.10 Å². The zero-order chi connectivity index (χ0) is 19.6. The van der Waals surface area contributed by atoms with E-state index in [0.717, 1.165) is 0 Å². The summed E-state index contributed by atoms with van der Waals surface area (Å²) >= 11 is 0. The molecule has 7 nitrogen and oxygen atoms in total. The Bertz CT molecular complexity index is 839. The van der Waals surface area contributed by atoms with Crippen molar-refractivity contribution < 1.29 is 23.5 Å². The molecule has 0 radical (unpaired) electrons. The van der Waals surface area contributed by atoms with Crippen molar-refractivity contribution in [2.45, 2.75) is 12.8 Å². The van der Waals surface area contributed by atoms with Gasteiger partial charge in [-0.05, 0) is 24.3 Å². The lowest BCUT2D eigenvalue weighted by Gasteiger charge is -2.09. The molecule has 0 aromatic heterocycles. The largest absolute Gasteiger partial charge is 0.493 e. The number of carbonyl (C=O) groups excluding carboxylic acids is 2. The van der Waals surface area contributed by atoms with Crippen LogP contribution in [0.25, 0.3) is 0 Å². The lowest BCUT2D eigenvalue weighted by molar-refractivity contribution is -0.124. The highest BCUT2D eigenvalue weighted by Gasteiger charge is 2.10. The second-order valence-electron chi connectivity index (χ2n) is 5.40. The van der Waals surface area contributed by atoms with Crippen molar-refractivity contribution in [3.8, 4) is 11.5 Å². The number of rotatable bonds is 8. The van der Waals surface area contributed by atoms with Gasteiger partial charge < -0.3 is 14.8 Å². The zero-order valence-corrected chi connectivity index (χ0v) is 15.0.